The number of likely N-dealkylation sites (tertiary alicyclic amines) is 1. The van der Waals surface area contributed by atoms with Crippen molar-refractivity contribution in [2.75, 3.05) is 13.7 Å². The number of benzene rings is 1. The first-order chi connectivity index (χ1) is 12.9. The van der Waals surface area contributed by atoms with Crippen molar-refractivity contribution in [3.8, 4) is 11.5 Å². The summed E-state index contributed by atoms with van der Waals surface area (Å²) in [5, 5.41) is 9.04. The summed E-state index contributed by atoms with van der Waals surface area (Å²) in [6.45, 7) is -0.381. The molecule has 1 aromatic carbocycles. The number of halogens is 6. The summed E-state index contributed by atoms with van der Waals surface area (Å²) in [5.74, 6) is -2.88. The second-order valence-electron chi connectivity index (χ2n) is 7.11. The van der Waals surface area contributed by atoms with E-state index in [-0.39, 0.29) is 24.3 Å². The Bertz CT molecular complexity index is 730. The van der Waals surface area contributed by atoms with Crippen LogP contribution >= 0.6 is 0 Å². The number of hydrogen-bond donors (Lipinski definition) is 1. The first-order valence-corrected chi connectivity index (χ1v) is 8.31. The highest BCUT2D eigenvalue weighted by atomic mass is 19.4. The van der Waals surface area contributed by atoms with Gasteiger partial charge in [0.15, 0.2) is 5.92 Å². The molecular formula is C17H17F6NO4. The van der Waals surface area contributed by atoms with Gasteiger partial charge in [0.25, 0.3) is 0 Å². The molecule has 5 nitrogen and oxygen atoms in total. The SMILES string of the molecule is COc1cccc(OC2CC3(C2)CN(C(=O)O)C3C(C(F)(F)F)C(F)(F)F)c1. The lowest BCUT2D eigenvalue weighted by molar-refractivity contribution is -0.331. The largest absolute Gasteiger partial charge is 0.497 e. The fourth-order valence-corrected chi connectivity index (χ4v) is 4.18. The van der Waals surface area contributed by atoms with Gasteiger partial charge in [-0.3, -0.25) is 0 Å². The zero-order valence-electron chi connectivity index (χ0n) is 14.5. The molecule has 1 spiro atoms. The van der Waals surface area contributed by atoms with Crippen LogP contribution in [-0.4, -0.2) is 54.3 Å². The van der Waals surface area contributed by atoms with Gasteiger partial charge in [-0.25, -0.2) is 4.79 Å². The lowest BCUT2D eigenvalue weighted by Crippen LogP contribution is -2.77. The van der Waals surface area contributed by atoms with Crippen LogP contribution in [0.3, 0.4) is 0 Å². The molecule has 1 amide bonds. The molecule has 3 rings (SSSR count). The Kier molecular flexibility index (Phi) is 4.83. The van der Waals surface area contributed by atoms with E-state index in [0.717, 1.165) is 0 Å². The van der Waals surface area contributed by atoms with E-state index in [1.165, 1.54) is 7.11 Å². The molecule has 1 N–H and O–H groups in total. The molecule has 156 valence electrons. The first-order valence-electron chi connectivity index (χ1n) is 8.31. The van der Waals surface area contributed by atoms with Crippen molar-refractivity contribution in [2.45, 2.75) is 37.3 Å². The molecular weight excluding hydrogens is 396 g/mol. The third-order valence-corrected chi connectivity index (χ3v) is 5.33. The quantitative estimate of drug-likeness (QED) is 0.747. The van der Waals surface area contributed by atoms with Gasteiger partial charge in [0.1, 0.15) is 17.6 Å². The highest BCUT2D eigenvalue weighted by Crippen LogP contribution is 2.61. The molecule has 1 aromatic rings. The number of amides is 1. The summed E-state index contributed by atoms with van der Waals surface area (Å²) in [6.07, 6.45) is -13.8. The predicted molar refractivity (Wildman–Crippen MR) is 83.2 cm³/mol. The highest BCUT2D eigenvalue weighted by molar-refractivity contribution is 5.67. The first kappa shape index (κ1) is 20.4. The van der Waals surface area contributed by atoms with Gasteiger partial charge in [-0.2, -0.15) is 26.3 Å². The Morgan fingerprint density at radius 1 is 1.18 bits per heavy atom. The number of carboxylic acid groups (broad SMARTS) is 1. The highest BCUT2D eigenvalue weighted by Gasteiger charge is 2.73. The third-order valence-electron chi connectivity index (χ3n) is 5.33. The van der Waals surface area contributed by atoms with Crippen LogP contribution in [0.25, 0.3) is 0 Å². The number of ether oxygens (including phenoxy) is 2. The Morgan fingerprint density at radius 2 is 1.75 bits per heavy atom. The molecule has 0 aromatic heterocycles. The number of rotatable bonds is 4. The summed E-state index contributed by atoms with van der Waals surface area (Å²) in [4.78, 5) is 11.4. The third kappa shape index (κ3) is 3.53. The van der Waals surface area contributed by atoms with Crippen molar-refractivity contribution < 1.29 is 45.7 Å². The fraction of sp³-hybridized carbons (Fsp3) is 0.588. The standard InChI is InChI=1S/C17H17F6NO4/c1-27-9-3-2-4-10(5-9)28-11-6-15(7-11)8-24(14(25)26)13(15)12(16(18,19)20)17(21,22)23/h2-5,11-13H,6-8H2,1H3,(H,25,26). The van der Waals surface area contributed by atoms with E-state index in [9.17, 15) is 31.1 Å². The minimum atomic E-state index is -5.61. The zero-order valence-corrected chi connectivity index (χ0v) is 14.5. The van der Waals surface area contributed by atoms with E-state index in [1.54, 1.807) is 24.3 Å². The van der Waals surface area contributed by atoms with Crippen LogP contribution in [0.5, 0.6) is 11.5 Å². The molecule has 2 aliphatic rings. The van der Waals surface area contributed by atoms with E-state index < -0.39 is 41.9 Å². The smallest absolute Gasteiger partial charge is 0.407 e. The van der Waals surface area contributed by atoms with Crippen molar-refractivity contribution in [3.05, 3.63) is 24.3 Å². The van der Waals surface area contributed by atoms with Gasteiger partial charge < -0.3 is 19.5 Å². The van der Waals surface area contributed by atoms with Gasteiger partial charge in [-0.05, 0) is 25.0 Å². The van der Waals surface area contributed by atoms with Gasteiger partial charge in [0.2, 0.25) is 0 Å². The molecule has 1 unspecified atom stereocenters. The number of hydrogen-bond acceptors (Lipinski definition) is 3. The maximum atomic E-state index is 13.2. The second-order valence-corrected chi connectivity index (χ2v) is 7.11. The van der Waals surface area contributed by atoms with Crippen LogP contribution in [0.2, 0.25) is 0 Å². The van der Waals surface area contributed by atoms with Crippen molar-refractivity contribution in [1.29, 1.82) is 0 Å². The number of alkyl halides is 6. The van der Waals surface area contributed by atoms with Crippen LogP contribution in [-0.2, 0) is 0 Å². The lowest BCUT2D eigenvalue weighted by Gasteiger charge is -2.65. The van der Waals surface area contributed by atoms with Crippen LogP contribution < -0.4 is 9.47 Å². The Balaban J connectivity index is 1.77. The van der Waals surface area contributed by atoms with E-state index in [1.807, 2.05) is 0 Å². The molecule has 28 heavy (non-hydrogen) atoms. The molecule has 1 saturated heterocycles. The average Bonchev–Trinajstić information content (AvgIpc) is 2.51. The van der Waals surface area contributed by atoms with E-state index in [0.29, 0.717) is 11.5 Å². The Labute approximate surface area is 155 Å². The molecule has 1 saturated carbocycles. The van der Waals surface area contributed by atoms with Crippen molar-refractivity contribution >= 4 is 6.09 Å². The Morgan fingerprint density at radius 3 is 2.25 bits per heavy atom. The number of methoxy groups -OCH3 is 1. The van der Waals surface area contributed by atoms with Gasteiger partial charge in [-0.1, -0.05) is 6.07 Å². The molecule has 11 heteroatoms. The minimum Gasteiger partial charge on any atom is -0.497 e. The summed E-state index contributed by atoms with van der Waals surface area (Å²) in [5.41, 5.74) is -1.41. The molecule has 1 atom stereocenters. The summed E-state index contributed by atoms with van der Waals surface area (Å²) >= 11 is 0. The van der Waals surface area contributed by atoms with Gasteiger partial charge in [-0.15, -0.1) is 0 Å². The average molecular weight is 413 g/mol. The maximum absolute atomic E-state index is 13.2. The predicted octanol–water partition coefficient (Wildman–Crippen LogP) is 4.33. The molecule has 1 aliphatic heterocycles. The molecule has 0 radical (unpaired) electrons. The molecule has 1 heterocycles. The van der Waals surface area contributed by atoms with E-state index in [4.69, 9.17) is 14.6 Å². The van der Waals surface area contributed by atoms with Gasteiger partial charge in [0, 0.05) is 18.0 Å². The zero-order chi connectivity index (χ0) is 20.9. The van der Waals surface area contributed by atoms with Crippen molar-refractivity contribution in [3.63, 3.8) is 0 Å². The van der Waals surface area contributed by atoms with E-state index in [2.05, 4.69) is 0 Å². The van der Waals surface area contributed by atoms with Crippen LogP contribution in [0.15, 0.2) is 24.3 Å². The Hall–Kier alpha value is -2.33. The van der Waals surface area contributed by atoms with Crippen LogP contribution in [0.1, 0.15) is 12.8 Å². The molecule has 0 bridgehead atoms. The topological polar surface area (TPSA) is 59.0 Å². The van der Waals surface area contributed by atoms with Gasteiger partial charge >= 0.3 is 18.4 Å². The molecule has 2 fully saturated rings. The number of nitrogens with zero attached hydrogens (tertiary/aromatic N) is 1. The molecule has 1 aliphatic carbocycles. The summed E-state index contributed by atoms with van der Waals surface area (Å²) in [6, 6.07) is 4.20. The second kappa shape index (κ2) is 6.63. The lowest BCUT2D eigenvalue weighted by atomic mass is 9.53. The summed E-state index contributed by atoms with van der Waals surface area (Å²) in [7, 11) is 1.44. The van der Waals surface area contributed by atoms with E-state index >= 15 is 0 Å². The van der Waals surface area contributed by atoms with Crippen molar-refractivity contribution in [2.24, 2.45) is 11.3 Å². The minimum absolute atomic E-state index is 0.0959. The van der Waals surface area contributed by atoms with Gasteiger partial charge in [0.05, 0.1) is 13.2 Å². The van der Waals surface area contributed by atoms with Crippen LogP contribution in [0.4, 0.5) is 31.1 Å². The maximum Gasteiger partial charge on any atom is 0.407 e. The fourth-order valence-electron chi connectivity index (χ4n) is 4.18. The number of carbonyl (C=O) groups is 1. The van der Waals surface area contributed by atoms with Crippen LogP contribution in [0, 0.1) is 11.3 Å². The summed E-state index contributed by atoms with van der Waals surface area (Å²) < 4.78 is 89.7. The van der Waals surface area contributed by atoms with Crippen molar-refractivity contribution in [1.82, 2.24) is 4.90 Å². The normalized spacial score (nSPS) is 27.4. The monoisotopic (exact) mass is 413 g/mol.